The number of aromatic nitrogens is 2. The highest BCUT2D eigenvalue weighted by molar-refractivity contribution is 5.85. The number of ether oxygens (including phenoxy) is 1. The third kappa shape index (κ3) is 3.55. The van der Waals surface area contributed by atoms with E-state index < -0.39 is 5.41 Å². The second kappa shape index (κ2) is 7.96. The number of halogens is 1. The van der Waals surface area contributed by atoms with Crippen LogP contribution in [0.4, 0.5) is 0 Å². The van der Waals surface area contributed by atoms with Crippen molar-refractivity contribution in [3.63, 3.8) is 0 Å². The number of carbonyl (C=O) groups is 1. The smallest absolute Gasteiger partial charge is 0.229 e. The van der Waals surface area contributed by atoms with Gasteiger partial charge in [-0.15, -0.1) is 12.4 Å². The van der Waals surface area contributed by atoms with Crippen molar-refractivity contribution in [2.24, 2.45) is 5.41 Å². The number of amides is 1. The molecule has 1 fully saturated rings. The van der Waals surface area contributed by atoms with E-state index in [1.54, 1.807) is 7.11 Å². The van der Waals surface area contributed by atoms with Crippen LogP contribution in [0.2, 0.25) is 0 Å². The van der Waals surface area contributed by atoms with Crippen molar-refractivity contribution >= 4 is 29.3 Å². The van der Waals surface area contributed by atoms with Gasteiger partial charge in [0.05, 0.1) is 23.1 Å². The molecule has 7 heteroatoms. The predicted octanol–water partition coefficient (Wildman–Crippen LogP) is 1.51. The van der Waals surface area contributed by atoms with E-state index in [0.29, 0.717) is 26.2 Å². The van der Waals surface area contributed by atoms with Gasteiger partial charge in [-0.2, -0.15) is 0 Å². The molecule has 0 bridgehead atoms. The van der Waals surface area contributed by atoms with Crippen molar-refractivity contribution in [2.75, 3.05) is 33.4 Å². The molecule has 6 nitrogen and oxygen atoms in total. The fraction of sp³-hybridized carbons (Fsp3) is 0.529. The van der Waals surface area contributed by atoms with Crippen LogP contribution in [0.3, 0.4) is 0 Å². The minimum absolute atomic E-state index is 0. The Bertz CT molecular complexity index is 695. The zero-order valence-electron chi connectivity index (χ0n) is 14.2. The molecule has 1 unspecified atom stereocenters. The first-order valence-corrected chi connectivity index (χ1v) is 8.06. The van der Waals surface area contributed by atoms with Crippen LogP contribution in [0.25, 0.3) is 11.0 Å². The van der Waals surface area contributed by atoms with Gasteiger partial charge < -0.3 is 19.9 Å². The van der Waals surface area contributed by atoms with Crippen molar-refractivity contribution in [3.05, 3.63) is 30.1 Å². The summed E-state index contributed by atoms with van der Waals surface area (Å²) in [6, 6.07) is 8.07. The molecule has 24 heavy (non-hydrogen) atoms. The number of methoxy groups -OCH3 is 1. The van der Waals surface area contributed by atoms with Crippen molar-refractivity contribution in [2.45, 2.75) is 19.9 Å². The van der Waals surface area contributed by atoms with Crippen LogP contribution in [0.5, 0.6) is 0 Å². The summed E-state index contributed by atoms with van der Waals surface area (Å²) in [5.41, 5.74) is 1.67. The molecule has 0 radical (unpaired) electrons. The summed E-state index contributed by atoms with van der Waals surface area (Å²) in [6.45, 7) is 5.30. The van der Waals surface area contributed by atoms with Crippen molar-refractivity contribution < 1.29 is 9.53 Å². The molecule has 2 aromatic rings. The molecule has 2 heterocycles. The number of aryl methyl sites for hydroxylation is 1. The Morgan fingerprint density at radius 1 is 1.46 bits per heavy atom. The van der Waals surface area contributed by atoms with E-state index in [1.807, 2.05) is 25.1 Å². The number of hydrogen-bond acceptors (Lipinski definition) is 4. The lowest BCUT2D eigenvalue weighted by Gasteiger charge is -2.26. The molecule has 1 aliphatic heterocycles. The molecular weight excluding hydrogens is 328 g/mol. The maximum atomic E-state index is 12.6. The molecule has 3 rings (SSSR count). The molecular formula is C17H25ClN4O2. The van der Waals surface area contributed by atoms with Gasteiger partial charge >= 0.3 is 0 Å². The monoisotopic (exact) mass is 352 g/mol. The fourth-order valence-electron chi connectivity index (χ4n) is 3.35. The third-order valence-corrected chi connectivity index (χ3v) is 4.61. The molecule has 2 N–H and O–H groups in total. The van der Waals surface area contributed by atoms with Gasteiger partial charge in [0, 0.05) is 26.7 Å². The van der Waals surface area contributed by atoms with Gasteiger partial charge in [-0.05, 0) is 32.0 Å². The lowest BCUT2D eigenvalue weighted by atomic mass is 9.87. The van der Waals surface area contributed by atoms with Crippen LogP contribution in [0, 0.1) is 12.3 Å². The molecule has 1 atom stereocenters. The average Bonchev–Trinajstić information content (AvgIpc) is 3.13. The molecule has 0 saturated carbocycles. The standard InChI is InChI=1S/C17H24N4O2.ClH/c1-13-20-14-5-3-4-6-15(14)21(13)10-9-19-16(22)17(12-23-2)7-8-18-11-17;/h3-6,18H,7-12H2,1-2H3,(H,19,22);1H. The third-order valence-electron chi connectivity index (χ3n) is 4.61. The van der Waals surface area contributed by atoms with E-state index in [1.165, 1.54) is 0 Å². The van der Waals surface area contributed by atoms with E-state index in [4.69, 9.17) is 4.74 Å². The predicted molar refractivity (Wildman–Crippen MR) is 96.5 cm³/mol. The van der Waals surface area contributed by atoms with Gasteiger partial charge in [-0.3, -0.25) is 4.79 Å². The summed E-state index contributed by atoms with van der Waals surface area (Å²) >= 11 is 0. The maximum absolute atomic E-state index is 12.6. The highest BCUT2D eigenvalue weighted by Crippen LogP contribution is 2.26. The Morgan fingerprint density at radius 2 is 2.25 bits per heavy atom. The quantitative estimate of drug-likeness (QED) is 0.827. The van der Waals surface area contributed by atoms with Crippen LogP contribution in [-0.4, -0.2) is 48.8 Å². The van der Waals surface area contributed by atoms with E-state index >= 15 is 0 Å². The van der Waals surface area contributed by atoms with Crippen molar-refractivity contribution in [3.8, 4) is 0 Å². The average molecular weight is 353 g/mol. The minimum atomic E-state index is -0.430. The van der Waals surface area contributed by atoms with Gasteiger partial charge in [0.25, 0.3) is 0 Å². The first-order chi connectivity index (χ1) is 11.2. The molecule has 0 spiro atoms. The van der Waals surface area contributed by atoms with Crippen molar-refractivity contribution in [1.82, 2.24) is 20.2 Å². The second-order valence-electron chi connectivity index (χ2n) is 6.20. The van der Waals surface area contributed by atoms with Gasteiger partial charge in [-0.25, -0.2) is 4.98 Å². The zero-order valence-corrected chi connectivity index (χ0v) is 15.0. The van der Waals surface area contributed by atoms with Gasteiger partial charge in [0.2, 0.25) is 5.91 Å². The number of rotatable bonds is 6. The molecule has 1 amide bonds. The lowest BCUT2D eigenvalue weighted by molar-refractivity contribution is -0.132. The number of carbonyl (C=O) groups excluding carboxylic acids is 1. The summed E-state index contributed by atoms with van der Waals surface area (Å²) in [4.78, 5) is 17.1. The Kier molecular flexibility index (Phi) is 6.21. The summed E-state index contributed by atoms with van der Waals surface area (Å²) < 4.78 is 7.41. The number of nitrogens with zero attached hydrogens (tertiary/aromatic N) is 2. The number of benzene rings is 1. The van der Waals surface area contributed by atoms with Crippen LogP contribution in [-0.2, 0) is 16.1 Å². The lowest BCUT2D eigenvalue weighted by Crippen LogP contribution is -2.46. The molecule has 1 aromatic carbocycles. The van der Waals surface area contributed by atoms with E-state index in [2.05, 4.69) is 26.3 Å². The molecule has 1 saturated heterocycles. The second-order valence-corrected chi connectivity index (χ2v) is 6.20. The van der Waals surface area contributed by atoms with E-state index in [0.717, 1.165) is 29.8 Å². The Morgan fingerprint density at radius 3 is 2.96 bits per heavy atom. The molecule has 1 aliphatic rings. The Hall–Kier alpha value is -1.63. The number of nitrogens with one attached hydrogen (secondary N) is 2. The first kappa shape index (κ1) is 18.7. The summed E-state index contributed by atoms with van der Waals surface area (Å²) in [7, 11) is 1.65. The maximum Gasteiger partial charge on any atom is 0.229 e. The Balaban J connectivity index is 0.00000208. The number of hydrogen-bond donors (Lipinski definition) is 2. The van der Waals surface area contributed by atoms with Gasteiger partial charge in [0.15, 0.2) is 0 Å². The summed E-state index contributed by atoms with van der Waals surface area (Å²) in [6.07, 6.45) is 0.819. The SMILES string of the molecule is COCC1(C(=O)NCCn2c(C)nc3ccccc32)CCNC1.Cl. The van der Waals surface area contributed by atoms with Gasteiger partial charge in [-0.1, -0.05) is 12.1 Å². The van der Waals surface area contributed by atoms with Crippen molar-refractivity contribution in [1.29, 1.82) is 0 Å². The Labute approximate surface area is 148 Å². The van der Waals surface area contributed by atoms with Crippen LogP contribution in [0.15, 0.2) is 24.3 Å². The van der Waals surface area contributed by atoms with Crippen LogP contribution >= 0.6 is 12.4 Å². The number of imidazole rings is 1. The number of fused-ring (bicyclic) bond motifs is 1. The minimum Gasteiger partial charge on any atom is -0.384 e. The molecule has 0 aliphatic carbocycles. The largest absolute Gasteiger partial charge is 0.384 e. The summed E-state index contributed by atoms with van der Waals surface area (Å²) in [5.74, 6) is 1.04. The summed E-state index contributed by atoms with van der Waals surface area (Å²) in [5, 5.41) is 6.33. The topological polar surface area (TPSA) is 68.2 Å². The van der Waals surface area contributed by atoms with Crippen LogP contribution in [0.1, 0.15) is 12.2 Å². The van der Waals surface area contributed by atoms with Gasteiger partial charge in [0.1, 0.15) is 5.82 Å². The highest BCUT2D eigenvalue weighted by atomic mass is 35.5. The van der Waals surface area contributed by atoms with E-state index in [9.17, 15) is 4.79 Å². The highest BCUT2D eigenvalue weighted by Gasteiger charge is 2.41. The zero-order chi connectivity index (χ0) is 16.3. The fourth-order valence-corrected chi connectivity index (χ4v) is 3.35. The molecule has 132 valence electrons. The molecule has 1 aromatic heterocycles. The van der Waals surface area contributed by atoms with Crippen LogP contribution < -0.4 is 10.6 Å². The first-order valence-electron chi connectivity index (χ1n) is 8.06. The van der Waals surface area contributed by atoms with E-state index in [-0.39, 0.29) is 18.3 Å². The number of para-hydroxylation sites is 2. The normalized spacial score (nSPS) is 20.1.